The van der Waals surface area contributed by atoms with Crippen molar-refractivity contribution >= 4 is 28.6 Å². The van der Waals surface area contributed by atoms with Crippen molar-refractivity contribution in [1.82, 2.24) is 14.8 Å². The van der Waals surface area contributed by atoms with Crippen LogP contribution in [-0.2, 0) is 11.3 Å². The third kappa shape index (κ3) is 4.86. The third-order valence-electron chi connectivity index (χ3n) is 4.81. The summed E-state index contributed by atoms with van der Waals surface area (Å²) in [6, 6.07) is 11.3. The summed E-state index contributed by atoms with van der Waals surface area (Å²) in [6.07, 6.45) is 0.708. The van der Waals surface area contributed by atoms with E-state index < -0.39 is 17.6 Å². The quantitative estimate of drug-likeness (QED) is 0.606. The Morgan fingerprint density at radius 1 is 1.24 bits per heavy atom. The molecule has 3 rings (SSSR count). The Bertz CT molecular complexity index is 1040. The molecular formula is C21H23ClFN3O3. The SMILES string of the molecule is CN(C)[C@H](CNC(=O)CCCn1c(=O)oc2ccccc21)c1c(F)cccc1Cl. The van der Waals surface area contributed by atoms with Gasteiger partial charge in [-0.1, -0.05) is 29.8 Å². The molecule has 1 aromatic heterocycles. The highest BCUT2D eigenvalue weighted by molar-refractivity contribution is 6.31. The number of nitrogens with zero attached hydrogens (tertiary/aromatic N) is 2. The fraction of sp³-hybridized carbons (Fsp3) is 0.333. The van der Waals surface area contributed by atoms with Crippen LogP contribution in [-0.4, -0.2) is 36.0 Å². The number of nitrogens with one attached hydrogen (secondary N) is 1. The summed E-state index contributed by atoms with van der Waals surface area (Å²) in [5, 5.41) is 3.16. The van der Waals surface area contributed by atoms with E-state index in [9.17, 15) is 14.0 Å². The highest BCUT2D eigenvalue weighted by Gasteiger charge is 2.21. The van der Waals surface area contributed by atoms with Crippen molar-refractivity contribution in [2.24, 2.45) is 0 Å². The lowest BCUT2D eigenvalue weighted by Crippen LogP contribution is -2.35. The van der Waals surface area contributed by atoms with Crippen molar-refractivity contribution in [2.75, 3.05) is 20.6 Å². The largest absolute Gasteiger partial charge is 0.419 e. The Hall–Kier alpha value is -2.64. The standard InChI is InChI=1S/C21H23ClFN3O3/c1-25(2)17(20-14(22)7-5-8-15(20)23)13-24-19(27)11-6-12-26-16-9-3-4-10-18(16)29-21(26)28/h3-5,7-10,17H,6,11-13H2,1-2H3,(H,24,27)/t17-/m1/s1. The Morgan fingerprint density at radius 2 is 2.00 bits per heavy atom. The summed E-state index contributed by atoms with van der Waals surface area (Å²) in [4.78, 5) is 26.1. The lowest BCUT2D eigenvalue weighted by molar-refractivity contribution is -0.121. The van der Waals surface area contributed by atoms with Gasteiger partial charge in [-0.25, -0.2) is 9.18 Å². The second-order valence-corrected chi connectivity index (χ2v) is 7.42. The molecule has 154 valence electrons. The van der Waals surface area contributed by atoms with Gasteiger partial charge in [0.25, 0.3) is 0 Å². The summed E-state index contributed by atoms with van der Waals surface area (Å²) in [7, 11) is 3.60. The normalized spacial score (nSPS) is 12.4. The van der Waals surface area contributed by atoms with Crippen LogP contribution in [0, 0.1) is 5.82 Å². The van der Waals surface area contributed by atoms with Gasteiger partial charge < -0.3 is 14.6 Å². The average molecular weight is 420 g/mol. The molecule has 0 fully saturated rings. The Morgan fingerprint density at radius 3 is 2.72 bits per heavy atom. The van der Waals surface area contributed by atoms with E-state index in [0.29, 0.717) is 34.7 Å². The minimum absolute atomic E-state index is 0.176. The van der Waals surface area contributed by atoms with Crippen LogP contribution in [0.25, 0.3) is 11.1 Å². The number of amides is 1. The summed E-state index contributed by atoms with van der Waals surface area (Å²) < 4.78 is 21.0. The van der Waals surface area contributed by atoms with Gasteiger partial charge in [-0.2, -0.15) is 0 Å². The molecule has 1 N–H and O–H groups in total. The van der Waals surface area contributed by atoms with Gasteiger partial charge in [-0.3, -0.25) is 9.36 Å². The summed E-state index contributed by atoms with van der Waals surface area (Å²) in [5.41, 5.74) is 1.59. The molecule has 0 bridgehead atoms. The zero-order valence-electron chi connectivity index (χ0n) is 16.3. The zero-order chi connectivity index (χ0) is 21.0. The van der Waals surface area contributed by atoms with Crippen LogP contribution in [0.2, 0.25) is 5.02 Å². The first-order valence-electron chi connectivity index (χ1n) is 9.34. The highest BCUT2D eigenvalue weighted by atomic mass is 35.5. The highest BCUT2D eigenvalue weighted by Crippen LogP contribution is 2.28. The first kappa shape index (κ1) is 21.1. The number of fused-ring (bicyclic) bond motifs is 1. The monoisotopic (exact) mass is 419 g/mol. The van der Waals surface area contributed by atoms with Crippen LogP contribution in [0.15, 0.2) is 51.7 Å². The van der Waals surface area contributed by atoms with Gasteiger partial charge in [0.2, 0.25) is 5.91 Å². The van der Waals surface area contributed by atoms with Crippen molar-refractivity contribution in [3.63, 3.8) is 0 Å². The molecule has 8 heteroatoms. The van der Waals surface area contributed by atoms with E-state index in [4.69, 9.17) is 16.0 Å². The number of carbonyl (C=O) groups is 1. The minimum atomic E-state index is -0.437. The topological polar surface area (TPSA) is 67.5 Å². The average Bonchev–Trinajstić information content (AvgIpc) is 2.99. The summed E-state index contributed by atoms with van der Waals surface area (Å²) in [6.45, 7) is 0.598. The number of benzene rings is 2. The Kier molecular flexibility index (Phi) is 6.71. The maximum Gasteiger partial charge on any atom is 0.419 e. The van der Waals surface area contributed by atoms with Gasteiger partial charge in [0.15, 0.2) is 5.58 Å². The number of halogens is 2. The van der Waals surface area contributed by atoms with Gasteiger partial charge in [0, 0.05) is 30.1 Å². The lowest BCUT2D eigenvalue weighted by Gasteiger charge is -2.26. The molecule has 29 heavy (non-hydrogen) atoms. The Balaban J connectivity index is 1.57. The number of oxazole rings is 1. The molecule has 0 spiro atoms. The molecule has 0 aliphatic heterocycles. The maximum atomic E-state index is 14.2. The fourth-order valence-electron chi connectivity index (χ4n) is 3.29. The maximum absolute atomic E-state index is 14.2. The van der Waals surface area contributed by atoms with E-state index in [-0.39, 0.29) is 18.9 Å². The van der Waals surface area contributed by atoms with Gasteiger partial charge >= 0.3 is 5.76 Å². The van der Waals surface area contributed by atoms with Gasteiger partial charge in [0.1, 0.15) is 5.82 Å². The molecule has 1 heterocycles. The number of aryl methyl sites for hydroxylation is 1. The van der Waals surface area contributed by atoms with Crippen molar-refractivity contribution in [2.45, 2.75) is 25.4 Å². The molecular weight excluding hydrogens is 397 g/mol. The summed E-state index contributed by atoms with van der Waals surface area (Å²) >= 11 is 6.17. The number of hydrogen-bond acceptors (Lipinski definition) is 4. The lowest BCUT2D eigenvalue weighted by atomic mass is 10.0. The van der Waals surface area contributed by atoms with E-state index >= 15 is 0 Å². The molecule has 3 aromatic rings. The van der Waals surface area contributed by atoms with E-state index in [1.807, 2.05) is 11.0 Å². The Labute approximate surface area is 172 Å². The molecule has 0 unspecified atom stereocenters. The molecule has 6 nitrogen and oxygen atoms in total. The molecule has 0 aliphatic carbocycles. The van der Waals surface area contributed by atoms with Crippen molar-refractivity contribution < 1.29 is 13.6 Å². The number of hydrogen-bond donors (Lipinski definition) is 1. The predicted molar refractivity (Wildman–Crippen MR) is 111 cm³/mol. The van der Waals surface area contributed by atoms with Gasteiger partial charge in [0.05, 0.1) is 11.6 Å². The van der Waals surface area contributed by atoms with Crippen molar-refractivity contribution in [3.8, 4) is 0 Å². The second-order valence-electron chi connectivity index (χ2n) is 7.01. The molecule has 2 aromatic carbocycles. The van der Waals surface area contributed by atoms with Gasteiger partial charge in [-0.15, -0.1) is 0 Å². The van der Waals surface area contributed by atoms with Crippen molar-refractivity contribution in [1.29, 1.82) is 0 Å². The minimum Gasteiger partial charge on any atom is -0.408 e. The molecule has 0 saturated heterocycles. The van der Waals surface area contributed by atoms with Crippen LogP contribution < -0.4 is 11.1 Å². The van der Waals surface area contributed by atoms with Crippen molar-refractivity contribution in [3.05, 3.63) is 69.4 Å². The van der Waals surface area contributed by atoms with E-state index in [1.54, 1.807) is 44.4 Å². The van der Waals surface area contributed by atoms with Crippen LogP contribution in [0.3, 0.4) is 0 Å². The second kappa shape index (κ2) is 9.24. The molecule has 1 atom stereocenters. The van der Waals surface area contributed by atoms with E-state index in [2.05, 4.69) is 5.32 Å². The van der Waals surface area contributed by atoms with Crippen LogP contribution in [0.4, 0.5) is 4.39 Å². The van der Waals surface area contributed by atoms with E-state index in [0.717, 1.165) is 0 Å². The predicted octanol–water partition coefficient (Wildman–Crippen LogP) is 3.59. The third-order valence-corrected chi connectivity index (χ3v) is 5.14. The zero-order valence-corrected chi connectivity index (χ0v) is 17.1. The molecule has 0 aliphatic rings. The molecule has 0 radical (unpaired) electrons. The number of rotatable bonds is 8. The number of aromatic nitrogens is 1. The fourth-order valence-corrected chi connectivity index (χ4v) is 3.58. The van der Waals surface area contributed by atoms with Gasteiger partial charge in [-0.05, 0) is 44.8 Å². The first-order chi connectivity index (χ1) is 13.9. The number of likely N-dealkylation sites (N-methyl/N-ethyl adjacent to an activating group) is 1. The number of carbonyl (C=O) groups excluding carboxylic acids is 1. The van der Waals surface area contributed by atoms with Crippen LogP contribution in [0.5, 0.6) is 0 Å². The smallest absolute Gasteiger partial charge is 0.408 e. The molecule has 1 amide bonds. The summed E-state index contributed by atoms with van der Waals surface area (Å²) in [5.74, 6) is -1.02. The van der Waals surface area contributed by atoms with Crippen LogP contribution in [0.1, 0.15) is 24.4 Å². The first-order valence-corrected chi connectivity index (χ1v) is 9.71. The molecule has 0 saturated carbocycles. The van der Waals surface area contributed by atoms with Crippen LogP contribution >= 0.6 is 11.6 Å². The number of para-hydroxylation sites is 2. The van der Waals surface area contributed by atoms with E-state index in [1.165, 1.54) is 10.6 Å².